The molecule has 112 valence electrons. The van der Waals surface area contributed by atoms with Crippen molar-refractivity contribution in [3.8, 4) is 0 Å². The van der Waals surface area contributed by atoms with Crippen LogP contribution in [0, 0.1) is 6.92 Å². The lowest BCUT2D eigenvalue weighted by Gasteiger charge is -2.15. The van der Waals surface area contributed by atoms with Gasteiger partial charge in [-0.2, -0.15) is 0 Å². The van der Waals surface area contributed by atoms with Gasteiger partial charge in [-0.1, -0.05) is 0 Å². The van der Waals surface area contributed by atoms with Crippen LogP contribution in [0.3, 0.4) is 0 Å². The van der Waals surface area contributed by atoms with Crippen LogP contribution >= 0.6 is 0 Å². The molecule has 2 rings (SSSR count). The summed E-state index contributed by atoms with van der Waals surface area (Å²) in [6.45, 7) is 4.94. The average molecular weight is 289 g/mol. The number of amides is 1. The predicted octanol–water partition coefficient (Wildman–Crippen LogP) is 1.12. The van der Waals surface area contributed by atoms with Crippen LogP contribution in [-0.4, -0.2) is 39.4 Å². The van der Waals surface area contributed by atoms with Gasteiger partial charge in [0.25, 0.3) is 5.91 Å². The summed E-state index contributed by atoms with van der Waals surface area (Å²) in [5.74, 6) is 0.552. The highest BCUT2D eigenvalue weighted by atomic mass is 16.5. The van der Waals surface area contributed by atoms with Gasteiger partial charge in [-0.25, -0.2) is 0 Å². The van der Waals surface area contributed by atoms with E-state index in [1.165, 1.54) is 0 Å². The molecular formula is C14H19N5O2. The lowest BCUT2D eigenvalue weighted by Crippen LogP contribution is -2.29. The Labute approximate surface area is 123 Å². The minimum Gasteiger partial charge on any atom is -0.383 e. The van der Waals surface area contributed by atoms with E-state index in [0.29, 0.717) is 24.5 Å². The van der Waals surface area contributed by atoms with Crippen molar-refractivity contribution in [2.45, 2.75) is 26.4 Å². The van der Waals surface area contributed by atoms with Gasteiger partial charge in [0, 0.05) is 31.6 Å². The monoisotopic (exact) mass is 289 g/mol. The van der Waals surface area contributed by atoms with E-state index in [9.17, 15) is 4.79 Å². The first-order chi connectivity index (χ1) is 10.1. The standard InChI is InChI=1S/C14H19N5O2/c1-10-8-15-5-4-12(10)14(20)17-11(2)13-18-16-9-19(13)6-7-21-3/h4-5,8-9,11H,6-7H2,1-3H3,(H,17,20)/t11-/m1/s1. The molecule has 2 aromatic heterocycles. The SMILES string of the molecule is COCCn1cnnc1[C@@H](C)NC(=O)c1ccncc1C. The molecule has 2 heterocycles. The van der Waals surface area contributed by atoms with E-state index >= 15 is 0 Å². The van der Waals surface area contributed by atoms with E-state index < -0.39 is 0 Å². The number of carbonyl (C=O) groups is 1. The number of methoxy groups -OCH3 is 1. The summed E-state index contributed by atoms with van der Waals surface area (Å²) in [7, 11) is 1.64. The summed E-state index contributed by atoms with van der Waals surface area (Å²) in [4.78, 5) is 16.3. The van der Waals surface area contributed by atoms with Crippen LogP contribution in [0.25, 0.3) is 0 Å². The molecule has 1 N–H and O–H groups in total. The van der Waals surface area contributed by atoms with Crippen LogP contribution < -0.4 is 5.32 Å². The van der Waals surface area contributed by atoms with Crippen LogP contribution in [0.4, 0.5) is 0 Å². The van der Waals surface area contributed by atoms with Crippen LogP contribution in [0.15, 0.2) is 24.8 Å². The number of hydrogen-bond donors (Lipinski definition) is 1. The first kappa shape index (κ1) is 15.1. The molecular weight excluding hydrogens is 270 g/mol. The molecule has 0 fully saturated rings. The maximum absolute atomic E-state index is 12.3. The second-order valence-electron chi connectivity index (χ2n) is 4.76. The highest BCUT2D eigenvalue weighted by Gasteiger charge is 2.17. The Morgan fingerprint density at radius 3 is 3.05 bits per heavy atom. The number of carbonyl (C=O) groups excluding carboxylic acids is 1. The Balaban J connectivity index is 2.08. The third kappa shape index (κ3) is 3.63. The summed E-state index contributed by atoms with van der Waals surface area (Å²) < 4.78 is 6.91. The average Bonchev–Trinajstić information content (AvgIpc) is 2.93. The van der Waals surface area contributed by atoms with Crippen LogP contribution in [0.2, 0.25) is 0 Å². The van der Waals surface area contributed by atoms with Gasteiger partial charge in [0.05, 0.1) is 12.6 Å². The van der Waals surface area contributed by atoms with Gasteiger partial charge >= 0.3 is 0 Å². The molecule has 1 atom stereocenters. The van der Waals surface area contributed by atoms with E-state index in [1.54, 1.807) is 31.9 Å². The van der Waals surface area contributed by atoms with E-state index in [4.69, 9.17) is 4.74 Å². The van der Waals surface area contributed by atoms with Gasteiger partial charge < -0.3 is 14.6 Å². The number of pyridine rings is 1. The number of hydrogen-bond acceptors (Lipinski definition) is 5. The normalized spacial score (nSPS) is 12.1. The molecule has 2 aromatic rings. The van der Waals surface area contributed by atoms with Gasteiger partial charge in [-0.3, -0.25) is 9.78 Å². The largest absolute Gasteiger partial charge is 0.383 e. The zero-order valence-electron chi connectivity index (χ0n) is 12.4. The second-order valence-corrected chi connectivity index (χ2v) is 4.76. The summed E-state index contributed by atoms with van der Waals surface area (Å²) in [6.07, 6.45) is 4.91. The smallest absolute Gasteiger partial charge is 0.252 e. The highest BCUT2D eigenvalue weighted by Crippen LogP contribution is 2.12. The molecule has 0 aliphatic heterocycles. The van der Waals surface area contributed by atoms with Crippen molar-refractivity contribution in [1.29, 1.82) is 0 Å². The third-order valence-electron chi connectivity index (χ3n) is 3.18. The molecule has 21 heavy (non-hydrogen) atoms. The van der Waals surface area contributed by atoms with Gasteiger partial charge in [0.2, 0.25) is 0 Å². The maximum Gasteiger partial charge on any atom is 0.252 e. The molecule has 7 nitrogen and oxygen atoms in total. The first-order valence-corrected chi connectivity index (χ1v) is 6.71. The number of aromatic nitrogens is 4. The summed E-state index contributed by atoms with van der Waals surface area (Å²) in [5, 5.41) is 10.9. The van der Waals surface area contributed by atoms with Crippen molar-refractivity contribution < 1.29 is 9.53 Å². The zero-order chi connectivity index (χ0) is 15.2. The molecule has 0 unspecified atom stereocenters. The molecule has 0 aliphatic carbocycles. The van der Waals surface area contributed by atoms with Crippen molar-refractivity contribution in [2.75, 3.05) is 13.7 Å². The minimum absolute atomic E-state index is 0.149. The van der Waals surface area contributed by atoms with Crippen molar-refractivity contribution in [2.24, 2.45) is 0 Å². The van der Waals surface area contributed by atoms with Crippen molar-refractivity contribution >= 4 is 5.91 Å². The number of nitrogens with one attached hydrogen (secondary N) is 1. The van der Waals surface area contributed by atoms with E-state index in [2.05, 4.69) is 20.5 Å². The minimum atomic E-state index is -0.246. The van der Waals surface area contributed by atoms with Crippen molar-refractivity contribution in [3.05, 3.63) is 41.7 Å². The molecule has 0 saturated carbocycles. The Kier molecular flexibility index (Phi) is 4.99. The fourth-order valence-corrected chi connectivity index (χ4v) is 2.03. The summed E-state index contributed by atoms with van der Waals surface area (Å²) in [5.41, 5.74) is 1.45. The fourth-order valence-electron chi connectivity index (χ4n) is 2.03. The highest BCUT2D eigenvalue weighted by molar-refractivity contribution is 5.95. The molecule has 0 aliphatic rings. The Hall–Kier alpha value is -2.28. The lowest BCUT2D eigenvalue weighted by molar-refractivity contribution is 0.0936. The van der Waals surface area contributed by atoms with Gasteiger partial charge in [-0.05, 0) is 25.5 Å². The first-order valence-electron chi connectivity index (χ1n) is 6.71. The van der Waals surface area contributed by atoms with Crippen LogP contribution in [-0.2, 0) is 11.3 Å². The van der Waals surface area contributed by atoms with Crippen LogP contribution in [0.5, 0.6) is 0 Å². The van der Waals surface area contributed by atoms with E-state index in [-0.39, 0.29) is 11.9 Å². The van der Waals surface area contributed by atoms with E-state index in [1.807, 2.05) is 18.4 Å². The molecule has 0 bridgehead atoms. The lowest BCUT2D eigenvalue weighted by atomic mass is 10.1. The van der Waals surface area contributed by atoms with Gasteiger partial charge in [0.15, 0.2) is 5.82 Å². The molecule has 7 heteroatoms. The Morgan fingerprint density at radius 2 is 2.33 bits per heavy atom. The Bertz CT molecular complexity index is 611. The molecule has 0 aromatic carbocycles. The van der Waals surface area contributed by atoms with Gasteiger partial charge in [-0.15, -0.1) is 10.2 Å². The molecule has 1 amide bonds. The molecule has 0 saturated heterocycles. The zero-order valence-corrected chi connectivity index (χ0v) is 12.4. The third-order valence-corrected chi connectivity index (χ3v) is 3.18. The predicted molar refractivity (Wildman–Crippen MR) is 76.8 cm³/mol. The molecule has 0 radical (unpaired) electrons. The number of rotatable bonds is 6. The van der Waals surface area contributed by atoms with Crippen molar-refractivity contribution in [1.82, 2.24) is 25.1 Å². The number of nitrogens with zero attached hydrogens (tertiary/aromatic N) is 4. The second kappa shape index (κ2) is 6.94. The van der Waals surface area contributed by atoms with Crippen LogP contribution in [0.1, 0.15) is 34.7 Å². The van der Waals surface area contributed by atoms with Crippen molar-refractivity contribution in [3.63, 3.8) is 0 Å². The quantitative estimate of drug-likeness (QED) is 0.861. The Morgan fingerprint density at radius 1 is 1.52 bits per heavy atom. The topological polar surface area (TPSA) is 81.9 Å². The number of aryl methyl sites for hydroxylation is 1. The van der Waals surface area contributed by atoms with E-state index in [0.717, 1.165) is 5.56 Å². The molecule has 0 spiro atoms. The summed E-state index contributed by atoms with van der Waals surface area (Å²) >= 11 is 0. The fraction of sp³-hybridized carbons (Fsp3) is 0.429. The maximum atomic E-state index is 12.3. The summed E-state index contributed by atoms with van der Waals surface area (Å²) in [6, 6.07) is 1.46. The van der Waals surface area contributed by atoms with Gasteiger partial charge in [0.1, 0.15) is 6.33 Å². The number of ether oxygens (including phenoxy) is 1.